The summed E-state index contributed by atoms with van der Waals surface area (Å²) in [5.74, 6) is 1.65. The van der Waals surface area contributed by atoms with Crippen LogP contribution in [0.5, 0.6) is 0 Å². The highest BCUT2D eigenvalue weighted by atomic mass is 32.2. The van der Waals surface area contributed by atoms with Crippen molar-refractivity contribution in [2.45, 2.75) is 69.2 Å². The number of hydrogen-bond acceptors (Lipinski definition) is 6. The molecule has 8 heteroatoms. The molecule has 2 aliphatic heterocycles. The fraction of sp³-hybridized carbons (Fsp3) is 0.778. The monoisotopic (exact) mass is 379 g/mol. The number of aromatic nitrogens is 2. The molecule has 0 bridgehead atoms. The van der Waals surface area contributed by atoms with Crippen molar-refractivity contribution >= 4 is 15.8 Å². The number of nitrogens with one attached hydrogen (secondary N) is 2. The van der Waals surface area contributed by atoms with Gasteiger partial charge in [-0.25, -0.2) is 18.4 Å². The second-order valence-corrected chi connectivity index (χ2v) is 9.86. The summed E-state index contributed by atoms with van der Waals surface area (Å²) >= 11 is 0. The van der Waals surface area contributed by atoms with Gasteiger partial charge in [-0.1, -0.05) is 19.3 Å². The Morgan fingerprint density at radius 1 is 1.12 bits per heavy atom. The molecule has 26 heavy (non-hydrogen) atoms. The van der Waals surface area contributed by atoms with Crippen LogP contribution < -0.4 is 10.6 Å². The van der Waals surface area contributed by atoms with Crippen LogP contribution in [-0.2, 0) is 23.0 Å². The van der Waals surface area contributed by atoms with Gasteiger partial charge in [0.15, 0.2) is 0 Å². The first kappa shape index (κ1) is 18.1. The Bertz CT molecular complexity index is 755. The summed E-state index contributed by atoms with van der Waals surface area (Å²) in [6.07, 6.45) is 7.65. The summed E-state index contributed by atoms with van der Waals surface area (Å²) in [5.41, 5.74) is 1.95. The van der Waals surface area contributed by atoms with Crippen molar-refractivity contribution in [2.75, 3.05) is 25.5 Å². The summed E-state index contributed by atoms with van der Waals surface area (Å²) in [5, 5.41) is 6.42. The largest absolute Gasteiger partial charge is 0.373 e. The lowest BCUT2D eigenvalue weighted by Gasteiger charge is -2.33. The van der Waals surface area contributed by atoms with E-state index in [1.165, 1.54) is 0 Å². The average Bonchev–Trinajstić information content (AvgIpc) is 3.22. The van der Waals surface area contributed by atoms with Crippen LogP contribution in [0.1, 0.15) is 68.1 Å². The molecule has 7 nitrogen and oxygen atoms in total. The molecule has 3 aliphatic rings. The molecule has 0 spiro atoms. The van der Waals surface area contributed by atoms with Crippen LogP contribution in [0.4, 0.5) is 5.82 Å². The highest BCUT2D eigenvalue weighted by Crippen LogP contribution is 2.32. The molecule has 1 atom stereocenters. The molecular formula is C18H29N5O2S. The molecule has 4 rings (SSSR count). The zero-order chi connectivity index (χ0) is 18.1. The molecule has 1 aliphatic carbocycles. The fourth-order valence-electron chi connectivity index (χ4n) is 4.48. The Morgan fingerprint density at radius 2 is 1.92 bits per heavy atom. The van der Waals surface area contributed by atoms with E-state index in [4.69, 9.17) is 9.97 Å². The van der Waals surface area contributed by atoms with Crippen LogP contribution in [-0.4, -0.2) is 48.1 Å². The van der Waals surface area contributed by atoms with E-state index in [-0.39, 0.29) is 11.3 Å². The second kappa shape index (κ2) is 7.40. The van der Waals surface area contributed by atoms with Gasteiger partial charge >= 0.3 is 0 Å². The highest BCUT2D eigenvalue weighted by Gasteiger charge is 2.36. The van der Waals surface area contributed by atoms with Crippen molar-refractivity contribution < 1.29 is 8.42 Å². The summed E-state index contributed by atoms with van der Waals surface area (Å²) in [6.45, 7) is 1.90. The number of hydrogen-bond donors (Lipinski definition) is 2. The molecular weight excluding hydrogens is 350 g/mol. The SMILES string of the molecule is CNc1nc([C@H]2CCCN2)nc2c1CCN(S(=O)(=O)C1CCCCC1)C2. The number of anilines is 1. The zero-order valence-corrected chi connectivity index (χ0v) is 16.3. The molecule has 2 N–H and O–H groups in total. The van der Waals surface area contributed by atoms with Gasteiger partial charge in [0.25, 0.3) is 0 Å². The van der Waals surface area contributed by atoms with Gasteiger partial charge in [0.1, 0.15) is 11.6 Å². The minimum Gasteiger partial charge on any atom is -0.373 e. The van der Waals surface area contributed by atoms with Crippen LogP contribution in [0, 0.1) is 0 Å². The van der Waals surface area contributed by atoms with E-state index in [0.29, 0.717) is 19.5 Å². The molecule has 0 amide bonds. The third-order valence-electron chi connectivity index (χ3n) is 5.99. The van der Waals surface area contributed by atoms with Gasteiger partial charge in [0.05, 0.1) is 23.5 Å². The first-order chi connectivity index (χ1) is 12.6. The summed E-state index contributed by atoms with van der Waals surface area (Å²) in [6, 6.07) is 0.178. The smallest absolute Gasteiger partial charge is 0.217 e. The van der Waals surface area contributed by atoms with Gasteiger partial charge in [-0.3, -0.25) is 0 Å². The lowest BCUT2D eigenvalue weighted by Crippen LogP contribution is -2.43. The fourth-order valence-corrected chi connectivity index (χ4v) is 6.48. The maximum atomic E-state index is 13.1. The molecule has 1 aromatic heterocycles. The van der Waals surface area contributed by atoms with Crippen LogP contribution in [0.15, 0.2) is 0 Å². The Balaban J connectivity index is 1.61. The van der Waals surface area contributed by atoms with E-state index in [2.05, 4.69) is 10.6 Å². The van der Waals surface area contributed by atoms with Gasteiger partial charge < -0.3 is 10.6 Å². The molecule has 144 valence electrons. The quantitative estimate of drug-likeness (QED) is 0.832. The highest BCUT2D eigenvalue weighted by molar-refractivity contribution is 7.89. The van der Waals surface area contributed by atoms with Gasteiger partial charge in [-0.15, -0.1) is 0 Å². The summed E-state index contributed by atoms with van der Waals surface area (Å²) in [4.78, 5) is 9.50. The Morgan fingerprint density at radius 3 is 2.62 bits per heavy atom. The Labute approximate surface area is 156 Å². The van der Waals surface area contributed by atoms with Gasteiger partial charge in [0.2, 0.25) is 10.0 Å². The topological polar surface area (TPSA) is 87.2 Å². The van der Waals surface area contributed by atoms with Gasteiger partial charge in [-0.05, 0) is 38.6 Å². The maximum Gasteiger partial charge on any atom is 0.217 e. The third-order valence-corrected chi connectivity index (χ3v) is 8.33. The van der Waals surface area contributed by atoms with E-state index < -0.39 is 10.0 Å². The van der Waals surface area contributed by atoms with Crippen LogP contribution >= 0.6 is 0 Å². The zero-order valence-electron chi connectivity index (χ0n) is 15.5. The molecule has 1 aromatic rings. The molecule has 1 saturated heterocycles. The molecule has 0 aromatic carbocycles. The predicted molar refractivity (Wildman–Crippen MR) is 101 cm³/mol. The number of nitrogens with zero attached hydrogens (tertiary/aromatic N) is 3. The predicted octanol–water partition coefficient (Wildman–Crippen LogP) is 1.96. The van der Waals surface area contributed by atoms with Crippen molar-refractivity contribution in [2.24, 2.45) is 0 Å². The molecule has 0 unspecified atom stereocenters. The Kier molecular flexibility index (Phi) is 5.16. The molecule has 0 radical (unpaired) electrons. The van der Waals surface area contributed by atoms with Gasteiger partial charge in [-0.2, -0.15) is 4.31 Å². The molecule has 1 saturated carbocycles. The minimum absolute atomic E-state index is 0.178. The van der Waals surface area contributed by atoms with E-state index >= 15 is 0 Å². The van der Waals surface area contributed by atoms with Crippen molar-refractivity contribution in [3.05, 3.63) is 17.1 Å². The van der Waals surface area contributed by atoms with Gasteiger partial charge in [0, 0.05) is 19.2 Å². The van der Waals surface area contributed by atoms with Crippen LogP contribution in [0.2, 0.25) is 0 Å². The Hall–Kier alpha value is -1.25. The number of rotatable bonds is 4. The van der Waals surface area contributed by atoms with Crippen molar-refractivity contribution in [1.29, 1.82) is 0 Å². The van der Waals surface area contributed by atoms with Crippen LogP contribution in [0.25, 0.3) is 0 Å². The van der Waals surface area contributed by atoms with Crippen LogP contribution in [0.3, 0.4) is 0 Å². The maximum absolute atomic E-state index is 13.1. The summed E-state index contributed by atoms with van der Waals surface area (Å²) < 4.78 is 27.9. The average molecular weight is 380 g/mol. The third kappa shape index (κ3) is 3.34. The second-order valence-electron chi connectivity index (χ2n) is 7.64. The van der Waals surface area contributed by atoms with E-state index in [1.807, 2.05) is 7.05 Å². The number of fused-ring (bicyclic) bond motifs is 1. The van der Waals surface area contributed by atoms with E-state index in [0.717, 1.165) is 74.4 Å². The van der Waals surface area contributed by atoms with Crippen molar-refractivity contribution in [3.8, 4) is 0 Å². The standard InChI is InChI=1S/C18H29N5O2S/c1-19-17-14-9-11-23(26(24,25)13-6-3-2-4-7-13)12-16(14)21-18(22-17)15-8-5-10-20-15/h13,15,20H,2-12H2,1H3,(H,19,21,22)/t15-/m1/s1. The van der Waals surface area contributed by atoms with Crippen molar-refractivity contribution in [1.82, 2.24) is 19.6 Å². The van der Waals surface area contributed by atoms with E-state index in [9.17, 15) is 8.42 Å². The summed E-state index contributed by atoms with van der Waals surface area (Å²) in [7, 11) is -1.37. The minimum atomic E-state index is -3.24. The molecule has 3 heterocycles. The van der Waals surface area contributed by atoms with Crippen molar-refractivity contribution in [3.63, 3.8) is 0 Å². The molecule has 2 fully saturated rings. The first-order valence-electron chi connectivity index (χ1n) is 9.89. The van der Waals surface area contributed by atoms with E-state index in [1.54, 1.807) is 4.31 Å². The lowest BCUT2D eigenvalue weighted by atomic mass is 10.0. The normalized spacial score (nSPS) is 25.2. The first-order valence-corrected chi connectivity index (χ1v) is 11.4. The number of sulfonamides is 1. The lowest BCUT2D eigenvalue weighted by molar-refractivity contribution is 0.364.